The molecule has 2 rings (SSSR count). The molecule has 0 aliphatic heterocycles. The van der Waals surface area contributed by atoms with E-state index in [9.17, 15) is 0 Å². The highest BCUT2D eigenvalue weighted by Crippen LogP contribution is 2.07. The fraction of sp³-hybridized carbons (Fsp3) is 0. The number of rotatable bonds is 0. The minimum Gasteiger partial charge on any atom is -0.246 e. The van der Waals surface area contributed by atoms with E-state index >= 15 is 0 Å². The molecule has 10 heavy (non-hydrogen) atoms. The van der Waals surface area contributed by atoms with E-state index in [2.05, 4.69) is 32.7 Å². The number of fused-ring (bicyclic) bond motifs is 1. The molecule has 0 aliphatic carbocycles. The van der Waals surface area contributed by atoms with Crippen LogP contribution in [0.15, 0.2) is 24.7 Å². The summed E-state index contributed by atoms with van der Waals surface area (Å²) in [5.41, 5.74) is 1.06. The molecule has 0 spiro atoms. The summed E-state index contributed by atoms with van der Waals surface area (Å²) in [5.74, 6) is 0. The van der Waals surface area contributed by atoms with Gasteiger partial charge in [0.15, 0.2) is 0 Å². The van der Waals surface area contributed by atoms with Crippen molar-refractivity contribution in [1.29, 1.82) is 0 Å². The number of hydrogen-bond acceptors (Lipinski definition) is 2. The van der Waals surface area contributed by atoms with Gasteiger partial charge in [0.2, 0.25) is 0 Å². The number of halogens is 1. The first kappa shape index (κ1) is 6.09. The van der Waals surface area contributed by atoms with Crippen molar-refractivity contribution in [3.63, 3.8) is 0 Å². The van der Waals surface area contributed by atoms with Crippen LogP contribution in [0.2, 0.25) is 0 Å². The van der Waals surface area contributed by atoms with E-state index in [4.69, 9.17) is 0 Å². The van der Waals surface area contributed by atoms with Gasteiger partial charge in [-0.15, -0.1) is 0 Å². The molecular weight excluding hydrogens is 241 g/mol. The monoisotopic (exact) mass is 245 g/mol. The van der Waals surface area contributed by atoms with E-state index in [-0.39, 0.29) is 0 Å². The fourth-order valence-corrected chi connectivity index (χ4v) is 1.41. The standard InChI is InChI=1S/C6H4IN3/c7-6-5-1-2-9-10(5)4-3-8-6/h1-4H. The van der Waals surface area contributed by atoms with Crippen LogP contribution in [0.5, 0.6) is 0 Å². The predicted molar refractivity (Wildman–Crippen MR) is 45.7 cm³/mol. The summed E-state index contributed by atoms with van der Waals surface area (Å²) in [5, 5.41) is 4.05. The largest absolute Gasteiger partial charge is 0.246 e. The quantitative estimate of drug-likeness (QED) is 0.655. The molecule has 0 bridgehead atoms. The summed E-state index contributed by atoms with van der Waals surface area (Å²) in [4.78, 5) is 4.11. The van der Waals surface area contributed by atoms with Crippen LogP contribution in [-0.2, 0) is 0 Å². The Labute approximate surface area is 71.2 Å². The van der Waals surface area contributed by atoms with Gasteiger partial charge in [0.1, 0.15) is 3.70 Å². The lowest BCUT2D eigenvalue weighted by Crippen LogP contribution is -1.89. The first-order valence-corrected chi connectivity index (χ1v) is 3.89. The Bertz CT molecular complexity index is 355. The maximum Gasteiger partial charge on any atom is 0.127 e. The molecule has 0 unspecified atom stereocenters. The molecule has 3 nitrogen and oxygen atoms in total. The number of aromatic nitrogens is 3. The third-order valence-corrected chi connectivity index (χ3v) is 2.11. The van der Waals surface area contributed by atoms with Gasteiger partial charge in [-0.2, -0.15) is 5.10 Å². The topological polar surface area (TPSA) is 30.2 Å². The molecule has 2 aromatic heterocycles. The van der Waals surface area contributed by atoms with Crippen molar-refractivity contribution in [3.05, 3.63) is 28.4 Å². The van der Waals surface area contributed by atoms with E-state index in [0.29, 0.717) is 0 Å². The Morgan fingerprint density at radius 3 is 3.10 bits per heavy atom. The Hall–Kier alpha value is -0.650. The van der Waals surface area contributed by atoms with Crippen LogP contribution in [0.4, 0.5) is 0 Å². The molecule has 0 aromatic carbocycles. The van der Waals surface area contributed by atoms with E-state index < -0.39 is 0 Å². The summed E-state index contributed by atoms with van der Waals surface area (Å²) < 4.78 is 2.78. The lowest BCUT2D eigenvalue weighted by Gasteiger charge is -1.91. The Morgan fingerprint density at radius 1 is 1.40 bits per heavy atom. The van der Waals surface area contributed by atoms with Crippen LogP contribution in [0.1, 0.15) is 0 Å². The van der Waals surface area contributed by atoms with Crippen LogP contribution < -0.4 is 0 Å². The minimum atomic E-state index is 0.984. The second-order valence-electron chi connectivity index (χ2n) is 1.88. The van der Waals surface area contributed by atoms with E-state index in [1.165, 1.54) is 0 Å². The maximum atomic E-state index is 4.11. The van der Waals surface area contributed by atoms with E-state index in [1.807, 2.05) is 12.3 Å². The first-order valence-electron chi connectivity index (χ1n) is 2.82. The zero-order chi connectivity index (χ0) is 6.97. The lowest BCUT2D eigenvalue weighted by molar-refractivity contribution is 0.939. The van der Waals surface area contributed by atoms with Gasteiger partial charge in [-0.25, -0.2) is 9.50 Å². The van der Waals surface area contributed by atoms with Gasteiger partial charge in [-0.3, -0.25) is 0 Å². The smallest absolute Gasteiger partial charge is 0.127 e. The predicted octanol–water partition coefficient (Wildman–Crippen LogP) is 1.33. The zero-order valence-corrected chi connectivity index (χ0v) is 7.19. The summed E-state index contributed by atoms with van der Waals surface area (Å²) in [6, 6.07) is 1.94. The highest BCUT2D eigenvalue weighted by molar-refractivity contribution is 14.1. The molecular formula is C6H4IN3. The third-order valence-electron chi connectivity index (χ3n) is 1.28. The Balaban J connectivity index is 2.95. The van der Waals surface area contributed by atoms with Crippen LogP contribution in [0.3, 0.4) is 0 Å². The van der Waals surface area contributed by atoms with Crippen molar-refractivity contribution >= 4 is 28.1 Å². The molecule has 0 saturated heterocycles. The highest BCUT2D eigenvalue weighted by Gasteiger charge is 1.96. The van der Waals surface area contributed by atoms with E-state index in [1.54, 1.807) is 16.9 Å². The Morgan fingerprint density at radius 2 is 2.30 bits per heavy atom. The van der Waals surface area contributed by atoms with Crippen molar-refractivity contribution in [3.8, 4) is 0 Å². The Kier molecular flexibility index (Phi) is 1.33. The normalized spacial score (nSPS) is 10.5. The summed E-state index contributed by atoms with van der Waals surface area (Å²) >= 11 is 2.18. The lowest BCUT2D eigenvalue weighted by atomic mass is 10.5. The van der Waals surface area contributed by atoms with Crippen LogP contribution in [0, 0.1) is 3.70 Å². The van der Waals surface area contributed by atoms with Gasteiger partial charge in [-0.1, -0.05) is 0 Å². The van der Waals surface area contributed by atoms with Gasteiger partial charge in [0.25, 0.3) is 0 Å². The summed E-state index contributed by atoms with van der Waals surface area (Å²) in [7, 11) is 0. The molecule has 0 aliphatic rings. The van der Waals surface area contributed by atoms with Gasteiger partial charge in [0, 0.05) is 12.4 Å². The summed E-state index contributed by atoms with van der Waals surface area (Å²) in [6.07, 6.45) is 5.33. The minimum absolute atomic E-state index is 0.984. The maximum absolute atomic E-state index is 4.11. The average Bonchev–Trinajstić information content (AvgIpc) is 2.36. The summed E-state index contributed by atoms with van der Waals surface area (Å²) in [6.45, 7) is 0. The van der Waals surface area contributed by atoms with Crippen molar-refractivity contribution < 1.29 is 0 Å². The van der Waals surface area contributed by atoms with Gasteiger partial charge in [0.05, 0.1) is 11.7 Å². The molecule has 0 fully saturated rings. The molecule has 0 atom stereocenters. The second kappa shape index (κ2) is 2.19. The molecule has 2 aromatic rings. The highest BCUT2D eigenvalue weighted by atomic mass is 127. The molecule has 0 radical (unpaired) electrons. The van der Waals surface area contributed by atoms with Crippen molar-refractivity contribution in [2.75, 3.05) is 0 Å². The first-order chi connectivity index (χ1) is 4.88. The van der Waals surface area contributed by atoms with E-state index in [0.717, 1.165) is 9.22 Å². The SMILES string of the molecule is Ic1nccn2nccc12. The van der Waals surface area contributed by atoms with Crippen LogP contribution in [0.25, 0.3) is 5.52 Å². The molecule has 50 valence electrons. The van der Waals surface area contributed by atoms with Crippen LogP contribution in [-0.4, -0.2) is 14.6 Å². The molecule has 4 heteroatoms. The zero-order valence-electron chi connectivity index (χ0n) is 5.03. The molecule has 0 amide bonds. The average molecular weight is 245 g/mol. The second-order valence-corrected chi connectivity index (χ2v) is 2.90. The fourth-order valence-electron chi connectivity index (χ4n) is 0.824. The van der Waals surface area contributed by atoms with Crippen molar-refractivity contribution in [2.45, 2.75) is 0 Å². The third kappa shape index (κ3) is 0.792. The molecule has 2 heterocycles. The van der Waals surface area contributed by atoms with Crippen molar-refractivity contribution in [1.82, 2.24) is 14.6 Å². The number of nitrogens with zero attached hydrogens (tertiary/aromatic N) is 3. The molecule has 0 N–H and O–H groups in total. The van der Waals surface area contributed by atoms with Gasteiger partial charge < -0.3 is 0 Å². The van der Waals surface area contributed by atoms with Crippen molar-refractivity contribution in [2.24, 2.45) is 0 Å². The van der Waals surface area contributed by atoms with Gasteiger partial charge >= 0.3 is 0 Å². The van der Waals surface area contributed by atoms with Crippen LogP contribution >= 0.6 is 22.6 Å². The molecule has 0 saturated carbocycles. The number of hydrogen-bond donors (Lipinski definition) is 0. The van der Waals surface area contributed by atoms with Gasteiger partial charge in [-0.05, 0) is 28.7 Å².